The molecule has 0 aliphatic rings. The van der Waals surface area contributed by atoms with Crippen LogP contribution in [-0.2, 0) is 4.74 Å². The molecule has 17 heavy (non-hydrogen) atoms. The maximum atomic E-state index is 8.93. The van der Waals surface area contributed by atoms with Crippen molar-refractivity contribution < 1.29 is 4.74 Å². The predicted molar refractivity (Wildman–Crippen MR) is 68.3 cm³/mol. The average molecular weight is 254 g/mol. The van der Waals surface area contributed by atoms with Gasteiger partial charge in [-0.3, -0.25) is 0 Å². The first-order valence-electron chi connectivity index (χ1n) is 5.42. The van der Waals surface area contributed by atoms with E-state index >= 15 is 0 Å². The highest BCUT2D eigenvalue weighted by Crippen LogP contribution is 2.27. The van der Waals surface area contributed by atoms with Crippen LogP contribution in [0.15, 0.2) is 12.3 Å². The van der Waals surface area contributed by atoms with Gasteiger partial charge in [-0.1, -0.05) is 11.6 Å². The lowest BCUT2D eigenvalue weighted by Gasteiger charge is -2.28. The second-order valence-electron chi connectivity index (χ2n) is 3.89. The monoisotopic (exact) mass is 253 g/mol. The quantitative estimate of drug-likeness (QED) is 0.809. The van der Waals surface area contributed by atoms with E-state index in [2.05, 4.69) is 11.1 Å². The van der Waals surface area contributed by atoms with Gasteiger partial charge in [-0.25, -0.2) is 4.98 Å². The van der Waals surface area contributed by atoms with Gasteiger partial charge in [-0.2, -0.15) is 5.26 Å². The van der Waals surface area contributed by atoms with Crippen LogP contribution in [0.2, 0.25) is 5.02 Å². The Balaban J connectivity index is 3.06. The predicted octanol–water partition coefficient (Wildman–Crippen LogP) is 2.47. The van der Waals surface area contributed by atoms with Crippen molar-refractivity contribution in [3.8, 4) is 6.07 Å². The number of halogens is 1. The molecule has 1 aromatic rings. The number of methoxy groups -OCH3 is 1. The standard InChI is InChI=1S/C12H16ClN3O/c1-9(2)16(6-7-17-3)12-11(13)10(8-14)4-5-15-12/h4-5,9H,6-7H2,1-3H3. The molecule has 0 aromatic carbocycles. The molecule has 5 heteroatoms. The average Bonchev–Trinajstić information content (AvgIpc) is 2.31. The maximum absolute atomic E-state index is 8.93. The Morgan fingerprint density at radius 1 is 1.59 bits per heavy atom. The van der Waals surface area contributed by atoms with E-state index in [-0.39, 0.29) is 6.04 Å². The molecule has 0 amide bonds. The van der Waals surface area contributed by atoms with Gasteiger partial charge in [0.2, 0.25) is 0 Å². The fourth-order valence-electron chi connectivity index (χ4n) is 1.52. The van der Waals surface area contributed by atoms with Crippen LogP contribution in [0, 0.1) is 11.3 Å². The molecule has 0 saturated carbocycles. The highest BCUT2D eigenvalue weighted by Gasteiger charge is 2.17. The van der Waals surface area contributed by atoms with Crippen LogP contribution in [0.1, 0.15) is 19.4 Å². The zero-order valence-electron chi connectivity index (χ0n) is 10.3. The number of anilines is 1. The summed E-state index contributed by atoms with van der Waals surface area (Å²) in [7, 11) is 1.65. The van der Waals surface area contributed by atoms with E-state index in [1.54, 1.807) is 19.4 Å². The minimum atomic E-state index is 0.240. The topological polar surface area (TPSA) is 49.1 Å². The molecule has 0 saturated heterocycles. The van der Waals surface area contributed by atoms with E-state index in [0.717, 1.165) is 0 Å². The van der Waals surface area contributed by atoms with Gasteiger partial charge < -0.3 is 9.64 Å². The molecular formula is C12H16ClN3O. The second kappa shape index (κ2) is 6.43. The van der Waals surface area contributed by atoms with Crippen molar-refractivity contribution in [2.24, 2.45) is 0 Å². The largest absolute Gasteiger partial charge is 0.383 e. The van der Waals surface area contributed by atoms with Gasteiger partial charge in [0.25, 0.3) is 0 Å². The van der Waals surface area contributed by atoms with Gasteiger partial charge in [0.15, 0.2) is 0 Å². The first-order valence-corrected chi connectivity index (χ1v) is 5.79. The molecule has 1 rings (SSSR count). The summed E-state index contributed by atoms with van der Waals surface area (Å²) in [5.41, 5.74) is 0.444. The Morgan fingerprint density at radius 3 is 2.82 bits per heavy atom. The van der Waals surface area contributed by atoms with Crippen molar-refractivity contribution in [3.05, 3.63) is 22.8 Å². The van der Waals surface area contributed by atoms with E-state index in [1.807, 2.05) is 18.7 Å². The van der Waals surface area contributed by atoms with Gasteiger partial charge >= 0.3 is 0 Å². The van der Waals surface area contributed by atoms with Crippen molar-refractivity contribution in [1.82, 2.24) is 4.98 Å². The number of pyridine rings is 1. The minimum Gasteiger partial charge on any atom is -0.383 e. The molecule has 0 spiro atoms. The maximum Gasteiger partial charge on any atom is 0.149 e. The number of ether oxygens (including phenoxy) is 1. The van der Waals surface area contributed by atoms with Crippen LogP contribution in [0.3, 0.4) is 0 Å². The summed E-state index contributed by atoms with van der Waals surface area (Å²) in [6.45, 7) is 5.38. The first kappa shape index (κ1) is 13.8. The van der Waals surface area contributed by atoms with Crippen molar-refractivity contribution in [2.75, 3.05) is 25.2 Å². The molecular weight excluding hydrogens is 238 g/mol. The minimum absolute atomic E-state index is 0.240. The lowest BCUT2D eigenvalue weighted by Crippen LogP contribution is -2.34. The summed E-state index contributed by atoms with van der Waals surface area (Å²) in [5, 5.41) is 9.34. The first-order chi connectivity index (χ1) is 8.11. The summed E-state index contributed by atoms with van der Waals surface area (Å²) < 4.78 is 5.06. The van der Waals surface area contributed by atoms with Crippen molar-refractivity contribution >= 4 is 17.4 Å². The number of rotatable bonds is 5. The van der Waals surface area contributed by atoms with Crippen LogP contribution in [0.5, 0.6) is 0 Å². The smallest absolute Gasteiger partial charge is 0.149 e. The van der Waals surface area contributed by atoms with Gasteiger partial charge in [-0.05, 0) is 19.9 Å². The molecule has 0 fully saturated rings. The van der Waals surface area contributed by atoms with E-state index in [0.29, 0.717) is 29.6 Å². The van der Waals surface area contributed by atoms with E-state index in [9.17, 15) is 0 Å². The van der Waals surface area contributed by atoms with Crippen LogP contribution in [0.25, 0.3) is 0 Å². The molecule has 0 unspecified atom stereocenters. The van der Waals surface area contributed by atoms with Gasteiger partial charge in [0.1, 0.15) is 16.9 Å². The van der Waals surface area contributed by atoms with E-state index in [1.165, 1.54) is 0 Å². The Hall–Kier alpha value is -1.31. The fraction of sp³-hybridized carbons (Fsp3) is 0.500. The molecule has 0 radical (unpaired) electrons. The number of aromatic nitrogens is 1. The fourth-order valence-corrected chi connectivity index (χ4v) is 1.78. The summed E-state index contributed by atoms with van der Waals surface area (Å²) in [6.07, 6.45) is 1.60. The number of nitrogens with zero attached hydrogens (tertiary/aromatic N) is 3. The van der Waals surface area contributed by atoms with Crippen LogP contribution < -0.4 is 4.90 Å². The van der Waals surface area contributed by atoms with Crippen molar-refractivity contribution in [3.63, 3.8) is 0 Å². The Labute approximate surface area is 107 Å². The van der Waals surface area contributed by atoms with Gasteiger partial charge in [0, 0.05) is 25.9 Å². The van der Waals surface area contributed by atoms with Crippen LogP contribution in [0.4, 0.5) is 5.82 Å². The third kappa shape index (κ3) is 3.32. The summed E-state index contributed by atoms with van der Waals surface area (Å²) >= 11 is 6.16. The zero-order valence-corrected chi connectivity index (χ0v) is 11.0. The van der Waals surface area contributed by atoms with E-state index < -0.39 is 0 Å². The normalized spacial score (nSPS) is 10.4. The lowest BCUT2D eigenvalue weighted by molar-refractivity contribution is 0.203. The molecule has 92 valence electrons. The van der Waals surface area contributed by atoms with Crippen LogP contribution in [-0.4, -0.2) is 31.3 Å². The van der Waals surface area contributed by atoms with Gasteiger partial charge in [-0.15, -0.1) is 0 Å². The third-order valence-electron chi connectivity index (χ3n) is 2.42. The summed E-state index contributed by atoms with van der Waals surface area (Å²) in [4.78, 5) is 6.27. The number of hydrogen-bond donors (Lipinski definition) is 0. The molecule has 0 aliphatic heterocycles. The van der Waals surface area contributed by atoms with E-state index in [4.69, 9.17) is 21.6 Å². The number of hydrogen-bond acceptors (Lipinski definition) is 4. The molecule has 0 atom stereocenters. The lowest BCUT2D eigenvalue weighted by atomic mass is 10.2. The molecule has 0 N–H and O–H groups in total. The zero-order chi connectivity index (χ0) is 12.8. The molecule has 4 nitrogen and oxygen atoms in total. The Morgan fingerprint density at radius 2 is 2.29 bits per heavy atom. The highest BCUT2D eigenvalue weighted by atomic mass is 35.5. The number of nitriles is 1. The third-order valence-corrected chi connectivity index (χ3v) is 2.80. The Bertz CT molecular complexity index is 415. The van der Waals surface area contributed by atoms with Crippen LogP contribution >= 0.6 is 11.6 Å². The SMILES string of the molecule is COCCN(c1nccc(C#N)c1Cl)C(C)C. The van der Waals surface area contributed by atoms with Gasteiger partial charge in [0.05, 0.1) is 12.2 Å². The molecule has 1 heterocycles. The highest BCUT2D eigenvalue weighted by molar-refractivity contribution is 6.34. The molecule has 1 aromatic heterocycles. The molecule has 0 bridgehead atoms. The summed E-state index contributed by atoms with van der Waals surface area (Å²) in [6, 6.07) is 3.91. The Kier molecular flexibility index (Phi) is 5.20. The van der Waals surface area contributed by atoms with Crippen molar-refractivity contribution in [2.45, 2.75) is 19.9 Å². The molecule has 0 aliphatic carbocycles. The summed E-state index contributed by atoms with van der Waals surface area (Å²) in [5.74, 6) is 0.637. The van der Waals surface area contributed by atoms with Crippen molar-refractivity contribution in [1.29, 1.82) is 5.26 Å². The second-order valence-corrected chi connectivity index (χ2v) is 4.27.